The molecule has 0 amide bonds. The molecule has 0 saturated heterocycles. The van der Waals surface area contributed by atoms with Crippen LogP contribution in [-0.4, -0.2) is 6.71 Å². The quantitative estimate of drug-likeness (QED) is 0.119. The highest BCUT2D eigenvalue weighted by Crippen LogP contribution is 2.48. The fourth-order valence-electron chi connectivity index (χ4n) is 9.75. The van der Waals surface area contributed by atoms with Crippen molar-refractivity contribution in [1.29, 1.82) is 0 Å². The van der Waals surface area contributed by atoms with Gasteiger partial charge in [0.1, 0.15) is 0 Å². The van der Waals surface area contributed by atoms with E-state index < -0.39 is 5.41 Å². The van der Waals surface area contributed by atoms with Crippen LogP contribution in [0.3, 0.4) is 0 Å². The average molecular weight is 739 g/mol. The third-order valence-electron chi connectivity index (χ3n) is 12.2. The second-order valence-corrected chi connectivity index (χ2v) is 15.2. The fourth-order valence-corrected chi connectivity index (χ4v) is 9.75. The highest BCUT2D eigenvalue weighted by atomic mass is 15.2. The van der Waals surface area contributed by atoms with Crippen LogP contribution in [-0.2, 0) is 5.41 Å². The number of fused-ring (bicyclic) bond motifs is 4. The van der Waals surface area contributed by atoms with Gasteiger partial charge in [-0.25, -0.2) is 0 Å². The minimum atomic E-state index is -0.528. The maximum atomic E-state index is 2.51. The topological polar surface area (TPSA) is 6.48 Å². The Balaban J connectivity index is 1.17. The standard InChI is InChI=1S/C55H39BN2/c1-6-20-40(21-7-1)41-38-52-54-53(39-41)58(51-33-19-17-31-49(51)56(54)48-30-16-18-32-50(48)57(52)46-28-14-5-15-29-46)47-36-34-45(35-37-47)55(42-22-8-2-9-23-42,43-24-10-3-11-25-43)44-26-12-4-13-27-44/h1-39H. The molecule has 2 aliphatic rings. The minimum absolute atomic E-state index is 0.0691. The van der Waals surface area contributed by atoms with Gasteiger partial charge in [-0.3, -0.25) is 0 Å². The number of hydrogen-bond acceptors (Lipinski definition) is 2. The summed E-state index contributed by atoms with van der Waals surface area (Å²) in [6, 6.07) is 86.7. The number of benzene rings is 9. The molecule has 0 saturated carbocycles. The first-order valence-corrected chi connectivity index (χ1v) is 20.1. The van der Waals surface area contributed by atoms with Crippen molar-refractivity contribution in [3.8, 4) is 11.1 Å². The summed E-state index contributed by atoms with van der Waals surface area (Å²) < 4.78 is 0. The van der Waals surface area contributed by atoms with Crippen molar-refractivity contribution in [2.24, 2.45) is 0 Å². The van der Waals surface area contributed by atoms with E-state index in [0.717, 1.165) is 11.4 Å². The maximum absolute atomic E-state index is 2.51. The number of nitrogens with zero attached hydrogens (tertiary/aromatic N) is 2. The molecule has 9 aromatic rings. The van der Waals surface area contributed by atoms with Crippen LogP contribution in [0.4, 0.5) is 34.1 Å². The lowest BCUT2D eigenvalue weighted by Gasteiger charge is -2.44. The van der Waals surface area contributed by atoms with E-state index in [1.807, 2.05) is 0 Å². The molecule has 0 radical (unpaired) electrons. The summed E-state index contributed by atoms with van der Waals surface area (Å²) in [4.78, 5) is 4.98. The molecule has 2 aliphatic heterocycles. The Hall–Kier alpha value is -7.36. The lowest BCUT2D eigenvalue weighted by Crippen LogP contribution is -2.61. The fraction of sp³-hybridized carbons (Fsp3) is 0.0182. The highest BCUT2D eigenvalue weighted by Gasteiger charge is 2.44. The number of rotatable bonds is 7. The molecule has 0 aliphatic carbocycles. The van der Waals surface area contributed by atoms with E-state index >= 15 is 0 Å². The SMILES string of the molecule is c1ccc(-c2cc3c4c(c2)N(c2ccc(C(c5ccccc5)(c5ccccc5)c5ccccc5)cc2)c2ccccc2B4c2ccccc2N3c2ccccc2)cc1. The molecule has 0 N–H and O–H groups in total. The van der Waals surface area contributed by atoms with Crippen LogP contribution in [0, 0.1) is 0 Å². The summed E-state index contributed by atoms with van der Waals surface area (Å²) in [5.41, 5.74) is 17.8. The lowest BCUT2D eigenvalue weighted by atomic mass is 9.33. The van der Waals surface area contributed by atoms with E-state index in [-0.39, 0.29) is 6.71 Å². The first kappa shape index (κ1) is 33.9. The normalized spacial score (nSPS) is 12.7. The highest BCUT2D eigenvalue weighted by molar-refractivity contribution is 7.00. The van der Waals surface area contributed by atoms with Crippen molar-refractivity contribution < 1.29 is 0 Å². The van der Waals surface area contributed by atoms with Gasteiger partial charge in [0, 0.05) is 34.1 Å². The molecule has 9 aromatic carbocycles. The number of para-hydroxylation sites is 3. The summed E-state index contributed by atoms with van der Waals surface area (Å²) in [6.07, 6.45) is 0. The molecule has 0 aromatic heterocycles. The molecule has 0 atom stereocenters. The third-order valence-corrected chi connectivity index (χ3v) is 12.2. The van der Waals surface area contributed by atoms with E-state index in [0.29, 0.717) is 0 Å². The summed E-state index contributed by atoms with van der Waals surface area (Å²) in [5.74, 6) is 0. The van der Waals surface area contributed by atoms with Gasteiger partial charge >= 0.3 is 0 Å². The number of hydrogen-bond donors (Lipinski definition) is 0. The zero-order valence-electron chi connectivity index (χ0n) is 32.0. The maximum Gasteiger partial charge on any atom is 0.252 e. The Labute approximate surface area is 341 Å². The first-order valence-electron chi connectivity index (χ1n) is 20.1. The Morgan fingerprint density at radius 2 is 0.655 bits per heavy atom. The van der Waals surface area contributed by atoms with Gasteiger partial charge in [-0.2, -0.15) is 0 Å². The van der Waals surface area contributed by atoms with Crippen molar-refractivity contribution in [2.45, 2.75) is 5.41 Å². The summed E-state index contributed by atoms with van der Waals surface area (Å²) in [7, 11) is 0. The van der Waals surface area contributed by atoms with Gasteiger partial charge in [0.2, 0.25) is 0 Å². The zero-order chi connectivity index (χ0) is 38.5. The predicted molar refractivity (Wildman–Crippen MR) is 244 cm³/mol. The Morgan fingerprint density at radius 1 is 0.293 bits per heavy atom. The summed E-state index contributed by atoms with van der Waals surface area (Å²) in [6.45, 7) is 0.0691. The Kier molecular flexibility index (Phi) is 8.18. The molecule has 0 unspecified atom stereocenters. The predicted octanol–water partition coefficient (Wildman–Crippen LogP) is 11.8. The van der Waals surface area contributed by atoms with Gasteiger partial charge in [0.25, 0.3) is 6.71 Å². The molecule has 2 nitrogen and oxygen atoms in total. The minimum Gasteiger partial charge on any atom is -0.311 e. The zero-order valence-corrected chi connectivity index (χ0v) is 32.0. The van der Waals surface area contributed by atoms with Crippen LogP contribution in [0.15, 0.2) is 237 Å². The van der Waals surface area contributed by atoms with Gasteiger partial charge < -0.3 is 9.80 Å². The average Bonchev–Trinajstić information content (AvgIpc) is 3.31. The van der Waals surface area contributed by atoms with Gasteiger partial charge in [-0.1, -0.05) is 188 Å². The molecule has 11 rings (SSSR count). The van der Waals surface area contributed by atoms with Gasteiger partial charge in [0.05, 0.1) is 5.41 Å². The van der Waals surface area contributed by atoms with Crippen LogP contribution in [0.25, 0.3) is 11.1 Å². The largest absolute Gasteiger partial charge is 0.311 e. The molecule has 272 valence electrons. The lowest BCUT2D eigenvalue weighted by molar-refractivity contribution is 0.745. The van der Waals surface area contributed by atoms with Crippen molar-refractivity contribution in [1.82, 2.24) is 0 Å². The van der Waals surface area contributed by atoms with Crippen LogP contribution in [0.2, 0.25) is 0 Å². The van der Waals surface area contributed by atoms with Gasteiger partial charge in [-0.15, -0.1) is 0 Å². The smallest absolute Gasteiger partial charge is 0.252 e. The second-order valence-electron chi connectivity index (χ2n) is 15.2. The van der Waals surface area contributed by atoms with Crippen LogP contribution in [0.1, 0.15) is 22.3 Å². The second kappa shape index (κ2) is 14.0. The van der Waals surface area contributed by atoms with Crippen molar-refractivity contribution in [2.75, 3.05) is 9.80 Å². The van der Waals surface area contributed by atoms with E-state index in [1.165, 1.54) is 72.5 Å². The van der Waals surface area contributed by atoms with E-state index in [2.05, 4.69) is 246 Å². The molecular weight excluding hydrogens is 699 g/mol. The van der Waals surface area contributed by atoms with Crippen LogP contribution >= 0.6 is 0 Å². The van der Waals surface area contributed by atoms with E-state index in [1.54, 1.807) is 0 Å². The molecule has 3 heteroatoms. The molecule has 0 spiro atoms. The Morgan fingerprint density at radius 3 is 1.12 bits per heavy atom. The molecule has 0 fully saturated rings. The van der Waals surface area contributed by atoms with Crippen LogP contribution in [0.5, 0.6) is 0 Å². The van der Waals surface area contributed by atoms with Crippen molar-refractivity contribution in [3.05, 3.63) is 259 Å². The van der Waals surface area contributed by atoms with E-state index in [4.69, 9.17) is 0 Å². The monoisotopic (exact) mass is 738 g/mol. The van der Waals surface area contributed by atoms with Crippen molar-refractivity contribution >= 4 is 57.2 Å². The van der Waals surface area contributed by atoms with E-state index in [9.17, 15) is 0 Å². The number of anilines is 6. The summed E-state index contributed by atoms with van der Waals surface area (Å²) >= 11 is 0. The molecular formula is C55H39BN2. The third kappa shape index (κ3) is 5.28. The molecule has 58 heavy (non-hydrogen) atoms. The molecule has 0 bridgehead atoms. The first-order chi connectivity index (χ1) is 28.8. The van der Waals surface area contributed by atoms with Gasteiger partial charge in [0.15, 0.2) is 0 Å². The molecule has 2 heterocycles. The van der Waals surface area contributed by atoms with Gasteiger partial charge in [-0.05, 0) is 98.3 Å². The summed E-state index contributed by atoms with van der Waals surface area (Å²) in [5, 5.41) is 0. The van der Waals surface area contributed by atoms with Crippen LogP contribution < -0.4 is 26.2 Å². The van der Waals surface area contributed by atoms with Crippen molar-refractivity contribution in [3.63, 3.8) is 0 Å². The Bertz CT molecular complexity index is 2780.